The van der Waals surface area contributed by atoms with E-state index in [0.29, 0.717) is 12.1 Å². The maximum absolute atomic E-state index is 12.7. The Morgan fingerprint density at radius 1 is 1.45 bits per heavy atom. The van der Waals surface area contributed by atoms with Crippen molar-refractivity contribution in [3.63, 3.8) is 0 Å². The molecule has 1 fully saturated rings. The van der Waals surface area contributed by atoms with Crippen LogP contribution < -0.4 is 0 Å². The van der Waals surface area contributed by atoms with E-state index in [4.69, 9.17) is 4.74 Å². The zero-order valence-corrected chi connectivity index (χ0v) is 10.6. The SMILES string of the molecule is O=C(c1ccc2nccn2c1)N1CCOC(C(F)F)C1. The van der Waals surface area contributed by atoms with Gasteiger partial charge in [-0.15, -0.1) is 0 Å². The summed E-state index contributed by atoms with van der Waals surface area (Å²) < 4.78 is 32.0. The molecule has 1 aliphatic heterocycles. The van der Waals surface area contributed by atoms with Crippen LogP contribution in [0.3, 0.4) is 0 Å². The fourth-order valence-corrected chi connectivity index (χ4v) is 2.24. The number of ether oxygens (including phenoxy) is 1. The number of halogens is 2. The zero-order valence-electron chi connectivity index (χ0n) is 10.6. The Morgan fingerprint density at radius 3 is 3.10 bits per heavy atom. The van der Waals surface area contributed by atoms with Crippen LogP contribution in [0.25, 0.3) is 5.65 Å². The molecule has 0 bridgehead atoms. The molecule has 1 unspecified atom stereocenters. The lowest BCUT2D eigenvalue weighted by Gasteiger charge is -2.32. The second kappa shape index (κ2) is 5.16. The molecule has 0 aliphatic carbocycles. The molecule has 0 radical (unpaired) electrons. The molecule has 106 valence electrons. The Balaban J connectivity index is 1.80. The molecule has 0 aromatic carbocycles. The van der Waals surface area contributed by atoms with Gasteiger partial charge in [0.15, 0.2) is 0 Å². The minimum atomic E-state index is -2.58. The van der Waals surface area contributed by atoms with E-state index < -0.39 is 12.5 Å². The number of alkyl halides is 2. The van der Waals surface area contributed by atoms with Crippen molar-refractivity contribution in [2.24, 2.45) is 0 Å². The number of hydrogen-bond acceptors (Lipinski definition) is 3. The maximum Gasteiger partial charge on any atom is 0.266 e. The van der Waals surface area contributed by atoms with E-state index in [1.165, 1.54) is 4.90 Å². The van der Waals surface area contributed by atoms with Crippen molar-refractivity contribution >= 4 is 11.6 Å². The van der Waals surface area contributed by atoms with Gasteiger partial charge < -0.3 is 14.0 Å². The highest BCUT2D eigenvalue weighted by molar-refractivity contribution is 5.94. The molecule has 3 heterocycles. The summed E-state index contributed by atoms with van der Waals surface area (Å²) in [6.07, 6.45) is 1.22. The van der Waals surface area contributed by atoms with Gasteiger partial charge in [0.25, 0.3) is 12.3 Å². The Labute approximate surface area is 113 Å². The van der Waals surface area contributed by atoms with Crippen LogP contribution >= 0.6 is 0 Å². The Bertz CT molecular complexity index is 629. The van der Waals surface area contributed by atoms with Crippen LogP contribution in [0.15, 0.2) is 30.7 Å². The largest absolute Gasteiger partial charge is 0.369 e. The van der Waals surface area contributed by atoms with Crippen LogP contribution in [-0.4, -0.2) is 52.4 Å². The average molecular weight is 281 g/mol. The fourth-order valence-electron chi connectivity index (χ4n) is 2.24. The van der Waals surface area contributed by atoms with Gasteiger partial charge in [0.2, 0.25) is 0 Å². The number of pyridine rings is 1. The summed E-state index contributed by atoms with van der Waals surface area (Å²) in [6.45, 7) is 0.372. The normalized spacial score (nSPS) is 19.8. The topological polar surface area (TPSA) is 46.8 Å². The molecule has 1 amide bonds. The van der Waals surface area contributed by atoms with Gasteiger partial charge in [0.05, 0.1) is 18.7 Å². The average Bonchev–Trinajstić information content (AvgIpc) is 2.94. The Hall–Kier alpha value is -2.02. The number of nitrogens with zero attached hydrogens (tertiary/aromatic N) is 3. The first-order valence-corrected chi connectivity index (χ1v) is 6.27. The maximum atomic E-state index is 12.7. The van der Waals surface area contributed by atoms with Gasteiger partial charge in [-0.25, -0.2) is 13.8 Å². The van der Waals surface area contributed by atoms with Crippen molar-refractivity contribution in [3.8, 4) is 0 Å². The van der Waals surface area contributed by atoms with Crippen LogP contribution in [0, 0.1) is 0 Å². The summed E-state index contributed by atoms with van der Waals surface area (Å²) >= 11 is 0. The van der Waals surface area contributed by atoms with Gasteiger partial charge in [-0.3, -0.25) is 4.79 Å². The monoisotopic (exact) mass is 281 g/mol. The molecular formula is C13H13F2N3O2. The number of rotatable bonds is 2. The van der Waals surface area contributed by atoms with Gasteiger partial charge in [-0.1, -0.05) is 0 Å². The number of carbonyl (C=O) groups is 1. The Morgan fingerprint density at radius 2 is 2.30 bits per heavy atom. The third kappa shape index (κ3) is 2.36. The molecule has 20 heavy (non-hydrogen) atoms. The molecule has 0 spiro atoms. The molecule has 1 atom stereocenters. The standard InChI is InChI=1S/C13H13F2N3O2/c14-12(15)10-8-18(5-6-20-10)13(19)9-1-2-11-16-3-4-17(11)7-9/h1-4,7,10,12H,5-6,8H2. The molecule has 2 aromatic heterocycles. The number of morpholine rings is 1. The van der Waals surface area contributed by atoms with Crippen molar-refractivity contribution in [2.75, 3.05) is 19.7 Å². The molecule has 2 aromatic rings. The second-order valence-electron chi connectivity index (χ2n) is 4.61. The quantitative estimate of drug-likeness (QED) is 0.837. The van der Waals surface area contributed by atoms with Crippen molar-refractivity contribution in [2.45, 2.75) is 12.5 Å². The van der Waals surface area contributed by atoms with Crippen LogP contribution in [0.4, 0.5) is 8.78 Å². The summed E-state index contributed by atoms with van der Waals surface area (Å²) in [7, 11) is 0. The zero-order chi connectivity index (χ0) is 14.1. The van der Waals surface area contributed by atoms with Crippen molar-refractivity contribution in [1.29, 1.82) is 0 Å². The number of fused-ring (bicyclic) bond motifs is 1. The highest BCUT2D eigenvalue weighted by Crippen LogP contribution is 2.15. The Kier molecular flexibility index (Phi) is 3.35. The van der Waals surface area contributed by atoms with Crippen LogP contribution in [-0.2, 0) is 4.74 Å². The van der Waals surface area contributed by atoms with Crippen molar-refractivity contribution in [1.82, 2.24) is 14.3 Å². The van der Waals surface area contributed by atoms with Gasteiger partial charge in [0.1, 0.15) is 11.8 Å². The molecule has 0 N–H and O–H groups in total. The highest BCUT2D eigenvalue weighted by atomic mass is 19.3. The number of hydrogen-bond donors (Lipinski definition) is 0. The summed E-state index contributed by atoms with van der Waals surface area (Å²) in [5.41, 5.74) is 1.18. The lowest BCUT2D eigenvalue weighted by Crippen LogP contribution is -2.48. The fraction of sp³-hybridized carbons (Fsp3) is 0.385. The van der Waals surface area contributed by atoms with Gasteiger partial charge in [-0.2, -0.15) is 0 Å². The minimum Gasteiger partial charge on any atom is -0.369 e. The lowest BCUT2D eigenvalue weighted by atomic mass is 10.2. The first-order valence-electron chi connectivity index (χ1n) is 6.27. The first-order chi connectivity index (χ1) is 9.65. The van der Waals surface area contributed by atoms with Crippen molar-refractivity contribution in [3.05, 3.63) is 36.3 Å². The van der Waals surface area contributed by atoms with E-state index >= 15 is 0 Å². The number of imidazole rings is 1. The van der Waals surface area contributed by atoms with E-state index in [2.05, 4.69) is 4.98 Å². The van der Waals surface area contributed by atoms with E-state index in [9.17, 15) is 13.6 Å². The predicted octanol–water partition coefficient (Wildman–Crippen LogP) is 1.44. The van der Waals surface area contributed by atoms with Gasteiger partial charge in [-0.05, 0) is 12.1 Å². The van der Waals surface area contributed by atoms with Gasteiger partial charge in [0, 0.05) is 25.1 Å². The summed E-state index contributed by atoms with van der Waals surface area (Å²) in [5, 5.41) is 0. The molecule has 1 aliphatic rings. The molecule has 1 saturated heterocycles. The molecule has 0 saturated carbocycles. The van der Waals surface area contributed by atoms with E-state index in [0.717, 1.165) is 5.65 Å². The number of aromatic nitrogens is 2. The third-order valence-corrected chi connectivity index (χ3v) is 3.30. The smallest absolute Gasteiger partial charge is 0.266 e. The second-order valence-corrected chi connectivity index (χ2v) is 4.61. The molecule has 3 rings (SSSR count). The highest BCUT2D eigenvalue weighted by Gasteiger charge is 2.30. The molecular weight excluding hydrogens is 268 g/mol. The first kappa shape index (κ1) is 13.0. The van der Waals surface area contributed by atoms with E-state index in [1.54, 1.807) is 35.1 Å². The summed E-state index contributed by atoms with van der Waals surface area (Å²) in [6, 6.07) is 3.37. The predicted molar refractivity (Wildman–Crippen MR) is 66.8 cm³/mol. The summed E-state index contributed by atoms with van der Waals surface area (Å²) in [5.74, 6) is -0.269. The minimum absolute atomic E-state index is 0.0849. The van der Waals surface area contributed by atoms with Gasteiger partial charge >= 0.3 is 0 Å². The molecule has 5 nitrogen and oxygen atoms in total. The van der Waals surface area contributed by atoms with Crippen molar-refractivity contribution < 1.29 is 18.3 Å². The summed E-state index contributed by atoms with van der Waals surface area (Å²) in [4.78, 5) is 17.8. The van der Waals surface area contributed by atoms with E-state index in [1.807, 2.05) is 0 Å². The van der Waals surface area contributed by atoms with Crippen LogP contribution in [0.5, 0.6) is 0 Å². The number of amides is 1. The lowest BCUT2D eigenvalue weighted by molar-refractivity contribution is -0.0942. The van der Waals surface area contributed by atoms with E-state index in [-0.39, 0.29) is 19.1 Å². The van der Waals surface area contributed by atoms with Crippen LogP contribution in [0.2, 0.25) is 0 Å². The number of carbonyl (C=O) groups excluding carboxylic acids is 1. The third-order valence-electron chi connectivity index (χ3n) is 3.30. The van der Waals surface area contributed by atoms with Crippen LogP contribution in [0.1, 0.15) is 10.4 Å². The molecule has 7 heteroatoms.